The molecule has 1 aliphatic carbocycles. The first kappa shape index (κ1) is 21.4. The zero-order valence-electron chi connectivity index (χ0n) is 14.9. The standard InChI is InChI=1S/C19H22F6O2/c1-2-3-13-4-6-14(7-5-13)10-11-18(21,22)26-15-8-9-17(16(20)12-15)27-19(23,24)25/h8-14H,2-7H2,1H3/b11-10+. The summed E-state index contributed by atoms with van der Waals surface area (Å²) in [6, 6.07) is 1.81. The summed E-state index contributed by atoms with van der Waals surface area (Å²) in [6.07, 6.45) is -0.830. The Morgan fingerprint density at radius 2 is 1.70 bits per heavy atom. The monoisotopic (exact) mass is 396 g/mol. The van der Waals surface area contributed by atoms with E-state index in [1.165, 1.54) is 6.08 Å². The number of rotatable bonds is 7. The molecule has 0 N–H and O–H groups in total. The lowest BCUT2D eigenvalue weighted by Gasteiger charge is -2.26. The maximum atomic E-state index is 13.9. The minimum absolute atomic E-state index is 0.0341. The molecule has 0 heterocycles. The number of hydrogen-bond donors (Lipinski definition) is 0. The third-order valence-electron chi connectivity index (χ3n) is 4.53. The van der Waals surface area contributed by atoms with Crippen LogP contribution in [-0.4, -0.2) is 12.5 Å². The van der Waals surface area contributed by atoms with E-state index in [0.717, 1.165) is 44.6 Å². The number of benzene rings is 1. The Hall–Kier alpha value is -1.86. The highest BCUT2D eigenvalue weighted by molar-refractivity contribution is 5.33. The number of halogens is 6. The molecule has 0 amide bonds. The lowest BCUT2D eigenvalue weighted by atomic mass is 9.80. The van der Waals surface area contributed by atoms with Crippen LogP contribution in [0, 0.1) is 17.7 Å². The molecule has 0 aliphatic heterocycles. The summed E-state index contributed by atoms with van der Waals surface area (Å²) in [4.78, 5) is 0. The number of ether oxygens (including phenoxy) is 2. The second-order valence-corrected chi connectivity index (χ2v) is 6.73. The van der Waals surface area contributed by atoms with Crippen LogP contribution in [0.25, 0.3) is 0 Å². The molecule has 0 radical (unpaired) electrons. The van der Waals surface area contributed by atoms with E-state index in [2.05, 4.69) is 16.4 Å². The highest BCUT2D eigenvalue weighted by atomic mass is 19.4. The number of allylic oxidation sites excluding steroid dienone is 1. The van der Waals surface area contributed by atoms with Gasteiger partial charge < -0.3 is 9.47 Å². The Morgan fingerprint density at radius 1 is 1.04 bits per heavy atom. The van der Waals surface area contributed by atoms with E-state index in [4.69, 9.17) is 0 Å². The van der Waals surface area contributed by atoms with Gasteiger partial charge in [0.1, 0.15) is 5.75 Å². The zero-order chi connectivity index (χ0) is 20.1. The van der Waals surface area contributed by atoms with E-state index in [-0.39, 0.29) is 5.92 Å². The second kappa shape index (κ2) is 8.89. The molecular formula is C19H22F6O2. The Labute approximate surface area is 154 Å². The molecule has 1 saturated carbocycles. The van der Waals surface area contributed by atoms with Crippen LogP contribution in [0.5, 0.6) is 11.5 Å². The van der Waals surface area contributed by atoms with Gasteiger partial charge in [-0.15, -0.1) is 13.2 Å². The van der Waals surface area contributed by atoms with Gasteiger partial charge in [-0.3, -0.25) is 0 Å². The molecule has 0 unspecified atom stereocenters. The van der Waals surface area contributed by atoms with Crippen LogP contribution < -0.4 is 9.47 Å². The molecule has 1 fully saturated rings. The van der Waals surface area contributed by atoms with Gasteiger partial charge in [0.2, 0.25) is 0 Å². The lowest BCUT2D eigenvalue weighted by molar-refractivity contribution is -0.275. The van der Waals surface area contributed by atoms with Crippen LogP contribution in [0.3, 0.4) is 0 Å². The van der Waals surface area contributed by atoms with Gasteiger partial charge in [-0.25, -0.2) is 4.39 Å². The van der Waals surface area contributed by atoms with Gasteiger partial charge in [-0.05, 0) is 49.7 Å². The molecule has 2 nitrogen and oxygen atoms in total. The van der Waals surface area contributed by atoms with Crippen molar-refractivity contribution in [2.75, 3.05) is 0 Å². The van der Waals surface area contributed by atoms with Crippen LogP contribution in [0.2, 0.25) is 0 Å². The van der Waals surface area contributed by atoms with Crippen molar-refractivity contribution in [2.24, 2.45) is 11.8 Å². The summed E-state index contributed by atoms with van der Waals surface area (Å²) >= 11 is 0. The third-order valence-corrected chi connectivity index (χ3v) is 4.53. The predicted octanol–water partition coefficient (Wildman–Crippen LogP) is 6.86. The average Bonchev–Trinajstić information content (AvgIpc) is 2.56. The SMILES string of the molecule is CCCC1CCC(/C=C/C(F)(F)Oc2ccc(OC(F)(F)F)c(F)c2)CC1. The van der Waals surface area contributed by atoms with Crippen molar-refractivity contribution in [1.29, 1.82) is 0 Å². The van der Waals surface area contributed by atoms with Crippen molar-refractivity contribution < 1.29 is 35.8 Å². The summed E-state index contributed by atoms with van der Waals surface area (Å²) in [5.41, 5.74) is 0. The van der Waals surface area contributed by atoms with Gasteiger partial charge in [0.05, 0.1) is 0 Å². The average molecular weight is 396 g/mol. The summed E-state index contributed by atoms with van der Waals surface area (Å²) < 4.78 is 85.5. The molecular weight excluding hydrogens is 374 g/mol. The lowest BCUT2D eigenvalue weighted by Crippen LogP contribution is -2.23. The first-order valence-electron chi connectivity index (χ1n) is 8.89. The van der Waals surface area contributed by atoms with Crippen LogP contribution in [0.1, 0.15) is 45.4 Å². The maximum absolute atomic E-state index is 13.9. The van der Waals surface area contributed by atoms with E-state index in [0.29, 0.717) is 24.1 Å². The molecule has 8 heteroatoms. The Morgan fingerprint density at radius 3 is 2.26 bits per heavy atom. The van der Waals surface area contributed by atoms with Crippen molar-refractivity contribution in [3.63, 3.8) is 0 Å². The van der Waals surface area contributed by atoms with Crippen LogP contribution in [0.15, 0.2) is 30.4 Å². The quantitative estimate of drug-likeness (QED) is 0.370. The zero-order valence-corrected chi connectivity index (χ0v) is 14.9. The normalized spacial score (nSPS) is 21.4. The molecule has 2 rings (SSSR count). The topological polar surface area (TPSA) is 18.5 Å². The van der Waals surface area contributed by atoms with Crippen LogP contribution >= 0.6 is 0 Å². The van der Waals surface area contributed by atoms with E-state index < -0.39 is 29.8 Å². The molecule has 0 saturated heterocycles. The molecule has 27 heavy (non-hydrogen) atoms. The van der Waals surface area contributed by atoms with E-state index in [1.807, 2.05) is 0 Å². The highest BCUT2D eigenvalue weighted by Crippen LogP contribution is 2.34. The molecule has 0 spiro atoms. The Kier molecular flexibility index (Phi) is 7.06. The summed E-state index contributed by atoms with van der Waals surface area (Å²) in [5, 5.41) is 0. The summed E-state index contributed by atoms with van der Waals surface area (Å²) in [5.74, 6) is -2.47. The third kappa shape index (κ3) is 7.34. The molecule has 0 atom stereocenters. The largest absolute Gasteiger partial charge is 0.573 e. The number of hydrogen-bond acceptors (Lipinski definition) is 2. The fourth-order valence-electron chi connectivity index (χ4n) is 3.27. The Bertz CT molecular complexity index is 634. The minimum Gasteiger partial charge on any atom is -0.429 e. The second-order valence-electron chi connectivity index (χ2n) is 6.73. The van der Waals surface area contributed by atoms with Crippen molar-refractivity contribution in [1.82, 2.24) is 0 Å². The van der Waals surface area contributed by atoms with Gasteiger partial charge in [0.15, 0.2) is 11.6 Å². The van der Waals surface area contributed by atoms with Crippen LogP contribution in [0.4, 0.5) is 26.3 Å². The smallest absolute Gasteiger partial charge is 0.429 e. The van der Waals surface area contributed by atoms with Crippen molar-refractivity contribution >= 4 is 0 Å². The van der Waals surface area contributed by atoms with Gasteiger partial charge in [-0.2, -0.15) is 8.78 Å². The van der Waals surface area contributed by atoms with E-state index in [9.17, 15) is 26.3 Å². The van der Waals surface area contributed by atoms with E-state index >= 15 is 0 Å². The van der Waals surface area contributed by atoms with Crippen molar-refractivity contribution in [2.45, 2.75) is 57.9 Å². The van der Waals surface area contributed by atoms with Gasteiger partial charge in [0, 0.05) is 12.1 Å². The summed E-state index contributed by atoms with van der Waals surface area (Å²) in [7, 11) is 0. The molecule has 1 aromatic rings. The molecule has 0 aromatic heterocycles. The van der Waals surface area contributed by atoms with Crippen molar-refractivity contribution in [3.8, 4) is 11.5 Å². The molecule has 1 aliphatic rings. The van der Waals surface area contributed by atoms with Gasteiger partial charge in [0.25, 0.3) is 0 Å². The number of alkyl halides is 5. The first-order valence-corrected chi connectivity index (χ1v) is 8.89. The van der Waals surface area contributed by atoms with Crippen LogP contribution in [-0.2, 0) is 0 Å². The summed E-state index contributed by atoms with van der Waals surface area (Å²) in [6.45, 7) is 2.12. The first-order chi connectivity index (χ1) is 12.6. The van der Waals surface area contributed by atoms with Gasteiger partial charge in [-0.1, -0.05) is 25.8 Å². The van der Waals surface area contributed by atoms with E-state index in [1.54, 1.807) is 0 Å². The minimum atomic E-state index is -5.08. The fourth-order valence-corrected chi connectivity index (χ4v) is 3.27. The maximum Gasteiger partial charge on any atom is 0.573 e. The highest BCUT2D eigenvalue weighted by Gasteiger charge is 2.33. The molecule has 0 bridgehead atoms. The van der Waals surface area contributed by atoms with Crippen molar-refractivity contribution in [3.05, 3.63) is 36.2 Å². The predicted molar refractivity (Wildman–Crippen MR) is 88.2 cm³/mol. The molecule has 152 valence electrons. The Balaban J connectivity index is 1.93. The van der Waals surface area contributed by atoms with Gasteiger partial charge >= 0.3 is 12.5 Å². The fraction of sp³-hybridized carbons (Fsp3) is 0.579. The molecule has 1 aromatic carbocycles.